The van der Waals surface area contributed by atoms with Crippen LogP contribution in [-0.4, -0.2) is 31.4 Å². The first-order valence-electron chi connectivity index (χ1n) is 5.77. The third-order valence-electron chi connectivity index (χ3n) is 3.21. The molecule has 2 rings (SSSR count). The number of benzene rings is 1. The summed E-state index contributed by atoms with van der Waals surface area (Å²) in [5, 5.41) is 9.73. The topological polar surface area (TPSA) is 32.7 Å². The second kappa shape index (κ2) is 4.85. The van der Waals surface area contributed by atoms with Crippen molar-refractivity contribution in [2.24, 2.45) is 0 Å². The number of para-hydroxylation sites is 1. The van der Waals surface area contributed by atoms with E-state index < -0.39 is 6.10 Å². The first kappa shape index (κ1) is 11.4. The van der Waals surface area contributed by atoms with Gasteiger partial charge in [-0.05, 0) is 19.4 Å². The Balaban J connectivity index is 2.20. The maximum atomic E-state index is 9.73. The summed E-state index contributed by atoms with van der Waals surface area (Å²) in [6, 6.07) is 8.04. The van der Waals surface area contributed by atoms with Gasteiger partial charge in [-0.2, -0.15) is 0 Å². The Morgan fingerprint density at radius 1 is 1.44 bits per heavy atom. The molecule has 1 aliphatic rings. The molecule has 0 radical (unpaired) electrons. The van der Waals surface area contributed by atoms with Crippen LogP contribution in [-0.2, 0) is 4.74 Å². The summed E-state index contributed by atoms with van der Waals surface area (Å²) in [5.74, 6) is 0. The summed E-state index contributed by atoms with van der Waals surface area (Å²) < 4.78 is 5.36. The molecule has 1 aromatic rings. The minimum absolute atomic E-state index is 0.321. The van der Waals surface area contributed by atoms with Gasteiger partial charge in [0.2, 0.25) is 0 Å². The summed E-state index contributed by atoms with van der Waals surface area (Å²) in [5.41, 5.74) is 2.14. The predicted octanol–water partition coefficient (Wildman–Crippen LogP) is 1.96. The zero-order valence-electron chi connectivity index (χ0n) is 9.89. The van der Waals surface area contributed by atoms with Gasteiger partial charge >= 0.3 is 0 Å². The zero-order chi connectivity index (χ0) is 11.5. The SMILES string of the molecule is COC1CCN(c2ccccc2[C@@H](C)O)C1. The first-order valence-corrected chi connectivity index (χ1v) is 5.77. The number of ether oxygens (including phenoxy) is 1. The molecule has 0 bridgehead atoms. The number of rotatable bonds is 3. The molecule has 0 amide bonds. The Labute approximate surface area is 96.6 Å². The highest BCUT2D eigenvalue weighted by atomic mass is 16.5. The van der Waals surface area contributed by atoms with Gasteiger partial charge in [-0.15, -0.1) is 0 Å². The largest absolute Gasteiger partial charge is 0.389 e. The lowest BCUT2D eigenvalue weighted by atomic mass is 10.1. The standard InChI is InChI=1S/C13H19NO2/c1-10(15)12-5-3-4-6-13(12)14-8-7-11(9-14)16-2/h3-6,10-11,15H,7-9H2,1-2H3/t10-,11?/m1/s1. The van der Waals surface area contributed by atoms with Gasteiger partial charge in [-0.25, -0.2) is 0 Å². The number of anilines is 1. The Hall–Kier alpha value is -1.06. The average Bonchev–Trinajstić information content (AvgIpc) is 2.77. The predicted molar refractivity (Wildman–Crippen MR) is 64.7 cm³/mol. The van der Waals surface area contributed by atoms with Crippen molar-refractivity contribution >= 4 is 5.69 Å². The zero-order valence-corrected chi connectivity index (χ0v) is 9.89. The van der Waals surface area contributed by atoms with Crippen molar-refractivity contribution in [1.82, 2.24) is 0 Å². The minimum atomic E-state index is -0.419. The molecule has 1 aliphatic heterocycles. The molecule has 1 heterocycles. The molecule has 3 heteroatoms. The van der Waals surface area contributed by atoms with Crippen LogP contribution in [0.4, 0.5) is 5.69 Å². The van der Waals surface area contributed by atoms with Crippen LogP contribution in [0.2, 0.25) is 0 Å². The molecule has 88 valence electrons. The van der Waals surface area contributed by atoms with E-state index in [2.05, 4.69) is 11.0 Å². The highest BCUT2D eigenvalue weighted by Crippen LogP contribution is 2.29. The highest BCUT2D eigenvalue weighted by Gasteiger charge is 2.24. The van der Waals surface area contributed by atoms with E-state index in [0.717, 1.165) is 30.8 Å². The molecule has 0 saturated carbocycles. The van der Waals surface area contributed by atoms with Crippen molar-refractivity contribution in [2.75, 3.05) is 25.1 Å². The first-order chi connectivity index (χ1) is 7.72. The summed E-state index contributed by atoms with van der Waals surface area (Å²) in [6.45, 7) is 3.73. The Morgan fingerprint density at radius 2 is 2.19 bits per heavy atom. The minimum Gasteiger partial charge on any atom is -0.389 e. The van der Waals surface area contributed by atoms with Crippen LogP contribution in [0.1, 0.15) is 25.0 Å². The van der Waals surface area contributed by atoms with E-state index in [1.807, 2.05) is 25.1 Å². The van der Waals surface area contributed by atoms with Crippen LogP contribution in [0.15, 0.2) is 24.3 Å². The van der Waals surface area contributed by atoms with Crippen LogP contribution < -0.4 is 4.90 Å². The van der Waals surface area contributed by atoms with Gasteiger partial charge in [0.1, 0.15) is 0 Å². The molecule has 1 saturated heterocycles. The van der Waals surface area contributed by atoms with E-state index in [1.54, 1.807) is 7.11 Å². The highest BCUT2D eigenvalue weighted by molar-refractivity contribution is 5.55. The van der Waals surface area contributed by atoms with E-state index in [9.17, 15) is 5.11 Å². The van der Waals surface area contributed by atoms with E-state index in [1.165, 1.54) is 0 Å². The molecule has 0 spiro atoms. The maximum absolute atomic E-state index is 9.73. The molecule has 1 aromatic carbocycles. The summed E-state index contributed by atoms with van der Waals surface area (Å²) in [4.78, 5) is 2.29. The lowest BCUT2D eigenvalue weighted by molar-refractivity contribution is 0.121. The van der Waals surface area contributed by atoms with Gasteiger partial charge in [0.05, 0.1) is 12.2 Å². The fraction of sp³-hybridized carbons (Fsp3) is 0.538. The number of hydrogen-bond donors (Lipinski definition) is 1. The van der Waals surface area contributed by atoms with E-state index in [-0.39, 0.29) is 0 Å². The van der Waals surface area contributed by atoms with Gasteiger partial charge in [0.15, 0.2) is 0 Å². The summed E-state index contributed by atoms with van der Waals surface area (Å²) in [6.07, 6.45) is 0.963. The number of aliphatic hydroxyl groups is 1. The van der Waals surface area contributed by atoms with Crippen molar-refractivity contribution in [2.45, 2.75) is 25.6 Å². The summed E-state index contributed by atoms with van der Waals surface area (Å²) >= 11 is 0. The Morgan fingerprint density at radius 3 is 2.81 bits per heavy atom. The van der Waals surface area contributed by atoms with Crippen LogP contribution in [0, 0.1) is 0 Å². The van der Waals surface area contributed by atoms with E-state index in [0.29, 0.717) is 6.10 Å². The average molecular weight is 221 g/mol. The van der Waals surface area contributed by atoms with Crippen LogP contribution in [0.5, 0.6) is 0 Å². The van der Waals surface area contributed by atoms with E-state index >= 15 is 0 Å². The molecular weight excluding hydrogens is 202 g/mol. The van der Waals surface area contributed by atoms with Crippen LogP contribution in [0.25, 0.3) is 0 Å². The van der Waals surface area contributed by atoms with Crippen molar-refractivity contribution in [3.63, 3.8) is 0 Å². The second-order valence-corrected chi connectivity index (χ2v) is 4.33. The molecule has 0 aliphatic carbocycles. The van der Waals surface area contributed by atoms with Crippen molar-refractivity contribution in [1.29, 1.82) is 0 Å². The van der Waals surface area contributed by atoms with Crippen LogP contribution >= 0.6 is 0 Å². The molecule has 1 N–H and O–H groups in total. The molecule has 0 aromatic heterocycles. The number of nitrogens with zero attached hydrogens (tertiary/aromatic N) is 1. The molecule has 1 fully saturated rings. The monoisotopic (exact) mass is 221 g/mol. The molecule has 3 nitrogen and oxygen atoms in total. The summed E-state index contributed by atoms with van der Waals surface area (Å²) in [7, 11) is 1.76. The van der Waals surface area contributed by atoms with Crippen LogP contribution in [0.3, 0.4) is 0 Å². The lowest BCUT2D eigenvalue weighted by Gasteiger charge is -2.23. The second-order valence-electron chi connectivity index (χ2n) is 4.33. The Bertz CT molecular complexity index is 352. The Kier molecular flexibility index (Phi) is 3.46. The number of hydrogen-bond acceptors (Lipinski definition) is 3. The third kappa shape index (κ3) is 2.20. The lowest BCUT2D eigenvalue weighted by Crippen LogP contribution is -2.23. The number of aliphatic hydroxyl groups excluding tert-OH is 1. The fourth-order valence-corrected chi connectivity index (χ4v) is 2.27. The van der Waals surface area contributed by atoms with Crippen molar-refractivity contribution in [3.8, 4) is 0 Å². The van der Waals surface area contributed by atoms with E-state index in [4.69, 9.17) is 4.74 Å². The molecule has 1 unspecified atom stereocenters. The van der Waals surface area contributed by atoms with Gasteiger partial charge in [-0.1, -0.05) is 18.2 Å². The van der Waals surface area contributed by atoms with Gasteiger partial charge in [0, 0.05) is 31.5 Å². The van der Waals surface area contributed by atoms with Gasteiger partial charge in [-0.3, -0.25) is 0 Å². The normalized spacial score (nSPS) is 22.4. The third-order valence-corrected chi connectivity index (χ3v) is 3.21. The number of methoxy groups -OCH3 is 1. The van der Waals surface area contributed by atoms with Crippen molar-refractivity contribution in [3.05, 3.63) is 29.8 Å². The fourth-order valence-electron chi connectivity index (χ4n) is 2.27. The van der Waals surface area contributed by atoms with Gasteiger partial charge in [0.25, 0.3) is 0 Å². The smallest absolute Gasteiger partial charge is 0.0781 e. The molecular formula is C13H19NO2. The van der Waals surface area contributed by atoms with Gasteiger partial charge < -0.3 is 14.7 Å². The maximum Gasteiger partial charge on any atom is 0.0781 e. The molecule has 16 heavy (non-hydrogen) atoms. The van der Waals surface area contributed by atoms with Crippen molar-refractivity contribution < 1.29 is 9.84 Å². The quantitative estimate of drug-likeness (QED) is 0.847. The molecule has 2 atom stereocenters.